The maximum atomic E-state index is 2.40. The Labute approximate surface area is 71.4 Å². The Morgan fingerprint density at radius 3 is 2.18 bits per heavy atom. The summed E-state index contributed by atoms with van der Waals surface area (Å²) in [4.78, 5) is 0. The molecule has 0 amide bonds. The van der Waals surface area contributed by atoms with Gasteiger partial charge in [-0.3, -0.25) is 0 Å². The van der Waals surface area contributed by atoms with Crippen molar-refractivity contribution in [3.05, 3.63) is 0 Å². The van der Waals surface area contributed by atoms with Crippen molar-refractivity contribution < 1.29 is 0 Å². The van der Waals surface area contributed by atoms with Crippen LogP contribution in [0.3, 0.4) is 0 Å². The topological polar surface area (TPSA) is 0 Å². The molecular formula is C11H22. The highest BCUT2D eigenvalue weighted by molar-refractivity contribution is 4.87. The molecule has 1 aliphatic carbocycles. The zero-order valence-electron chi connectivity index (χ0n) is 8.43. The first-order valence-corrected chi connectivity index (χ1v) is 5.15. The molecule has 0 heterocycles. The molecule has 0 bridgehead atoms. The van der Waals surface area contributed by atoms with Gasteiger partial charge in [-0.05, 0) is 36.5 Å². The fourth-order valence-electron chi connectivity index (χ4n) is 2.26. The molecule has 0 aliphatic heterocycles. The third-order valence-electron chi connectivity index (χ3n) is 3.08. The van der Waals surface area contributed by atoms with Crippen LogP contribution in [0, 0.1) is 23.7 Å². The summed E-state index contributed by atoms with van der Waals surface area (Å²) < 4.78 is 0. The molecule has 0 radical (unpaired) electrons. The van der Waals surface area contributed by atoms with Crippen LogP contribution in [0.5, 0.6) is 0 Å². The van der Waals surface area contributed by atoms with Crippen molar-refractivity contribution in [2.75, 3.05) is 0 Å². The third-order valence-corrected chi connectivity index (χ3v) is 3.08. The Balaban J connectivity index is 2.26. The predicted octanol–water partition coefficient (Wildman–Crippen LogP) is 3.71. The van der Waals surface area contributed by atoms with E-state index in [1.165, 1.54) is 19.3 Å². The second-order valence-corrected chi connectivity index (χ2v) is 4.67. The molecule has 0 heteroatoms. The van der Waals surface area contributed by atoms with E-state index >= 15 is 0 Å². The van der Waals surface area contributed by atoms with Crippen LogP contribution in [0.2, 0.25) is 0 Å². The van der Waals surface area contributed by atoms with Crippen LogP contribution >= 0.6 is 0 Å². The van der Waals surface area contributed by atoms with Crippen LogP contribution in [0.15, 0.2) is 0 Å². The highest BCUT2D eigenvalue weighted by Crippen LogP contribution is 2.47. The standard InChI is InChI=1S/C11H22/c1-5-10(6-8(2)3)11-7-9(11)4/h8-11H,5-7H2,1-4H3. The third kappa shape index (κ3) is 2.50. The van der Waals surface area contributed by atoms with Gasteiger partial charge in [0.25, 0.3) is 0 Å². The lowest BCUT2D eigenvalue weighted by Crippen LogP contribution is -2.06. The summed E-state index contributed by atoms with van der Waals surface area (Å²) in [6.45, 7) is 9.43. The molecule has 0 saturated heterocycles. The summed E-state index contributed by atoms with van der Waals surface area (Å²) in [5, 5.41) is 0. The molecule has 0 aromatic carbocycles. The summed E-state index contributed by atoms with van der Waals surface area (Å²) in [6, 6.07) is 0. The first-order valence-electron chi connectivity index (χ1n) is 5.15. The Hall–Kier alpha value is 0. The fraction of sp³-hybridized carbons (Fsp3) is 1.00. The van der Waals surface area contributed by atoms with E-state index in [1.807, 2.05) is 0 Å². The summed E-state index contributed by atoms with van der Waals surface area (Å²) in [5.74, 6) is 4.05. The quantitative estimate of drug-likeness (QED) is 0.579. The van der Waals surface area contributed by atoms with E-state index in [2.05, 4.69) is 27.7 Å². The Bertz CT molecular complexity index is 115. The average molecular weight is 154 g/mol. The first-order chi connectivity index (χ1) is 5.15. The van der Waals surface area contributed by atoms with Gasteiger partial charge in [0.15, 0.2) is 0 Å². The van der Waals surface area contributed by atoms with E-state index in [0.29, 0.717) is 0 Å². The molecule has 0 aromatic rings. The van der Waals surface area contributed by atoms with Gasteiger partial charge in [-0.25, -0.2) is 0 Å². The summed E-state index contributed by atoms with van der Waals surface area (Å²) in [5.41, 5.74) is 0. The van der Waals surface area contributed by atoms with Gasteiger partial charge in [0.2, 0.25) is 0 Å². The van der Waals surface area contributed by atoms with Crippen molar-refractivity contribution in [3.63, 3.8) is 0 Å². The highest BCUT2D eigenvalue weighted by atomic mass is 14.4. The molecule has 1 saturated carbocycles. The maximum Gasteiger partial charge on any atom is -0.0357 e. The lowest BCUT2D eigenvalue weighted by atomic mass is 9.90. The minimum atomic E-state index is 0.896. The summed E-state index contributed by atoms with van der Waals surface area (Å²) in [7, 11) is 0. The molecule has 0 aromatic heterocycles. The van der Waals surface area contributed by atoms with Crippen molar-refractivity contribution in [2.45, 2.75) is 47.0 Å². The lowest BCUT2D eigenvalue weighted by Gasteiger charge is -2.16. The molecule has 1 aliphatic rings. The van der Waals surface area contributed by atoms with E-state index in [9.17, 15) is 0 Å². The zero-order chi connectivity index (χ0) is 8.43. The number of hydrogen-bond donors (Lipinski definition) is 0. The van der Waals surface area contributed by atoms with Crippen LogP contribution in [-0.4, -0.2) is 0 Å². The van der Waals surface area contributed by atoms with Crippen LogP contribution in [0.1, 0.15) is 47.0 Å². The van der Waals surface area contributed by atoms with Gasteiger partial charge in [-0.15, -0.1) is 0 Å². The second kappa shape index (κ2) is 3.60. The molecule has 0 N–H and O–H groups in total. The van der Waals surface area contributed by atoms with Crippen LogP contribution in [0.4, 0.5) is 0 Å². The minimum absolute atomic E-state index is 0.896. The SMILES string of the molecule is CCC(CC(C)C)C1CC1C. The predicted molar refractivity (Wildman–Crippen MR) is 50.5 cm³/mol. The van der Waals surface area contributed by atoms with Gasteiger partial charge in [0.05, 0.1) is 0 Å². The van der Waals surface area contributed by atoms with Gasteiger partial charge in [-0.1, -0.05) is 34.1 Å². The Kier molecular flexibility index (Phi) is 2.98. The smallest absolute Gasteiger partial charge is 0.0357 e. The molecule has 3 atom stereocenters. The van der Waals surface area contributed by atoms with Crippen molar-refractivity contribution >= 4 is 0 Å². The van der Waals surface area contributed by atoms with Gasteiger partial charge >= 0.3 is 0 Å². The van der Waals surface area contributed by atoms with E-state index in [0.717, 1.165) is 23.7 Å². The Morgan fingerprint density at radius 1 is 1.36 bits per heavy atom. The van der Waals surface area contributed by atoms with Crippen LogP contribution < -0.4 is 0 Å². The summed E-state index contributed by atoms with van der Waals surface area (Å²) in [6.07, 6.45) is 4.35. The molecule has 3 unspecified atom stereocenters. The van der Waals surface area contributed by atoms with Crippen LogP contribution in [0.25, 0.3) is 0 Å². The first kappa shape index (κ1) is 9.09. The van der Waals surface area contributed by atoms with E-state index in [-0.39, 0.29) is 0 Å². The largest absolute Gasteiger partial charge is 0.0651 e. The van der Waals surface area contributed by atoms with Crippen molar-refractivity contribution in [2.24, 2.45) is 23.7 Å². The average Bonchev–Trinajstić information content (AvgIpc) is 2.61. The van der Waals surface area contributed by atoms with Gasteiger partial charge in [0.1, 0.15) is 0 Å². The molecule has 1 rings (SSSR count). The molecule has 66 valence electrons. The van der Waals surface area contributed by atoms with E-state index < -0.39 is 0 Å². The Morgan fingerprint density at radius 2 is 1.91 bits per heavy atom. The molecule has 0 spiro atoms. The van der Waals surface area contributed by atoms with E-state index in [4.69, 9.17) is 0 Å². The number of hydrogen-bond acceptors (Lipinski definition) is 0. The summed E-state index contributed by atoms with van der Waals surface area (Å²) >= 11 is 0. The minimum Gasteiger partial charge on any atom is -0.0651 e. The molecule has 0 nitrogen and oxygen atoms in total. The van der Waals surface area contributed by atoms with E-state index in [1.54, 1.807) is 0 Å². The molecular weight excluding hydrogens is 132 g/mol. The van der Waals surface area contributed by atoms with Crippen molar-refractivity contribution in [1.82, 2.24) is 0 Å². The lowest BCUT2D eigenvalue weighted by molar-refractivity contribution is 0.346. The maximum absolute atomic E-state index is 2.40. The van der Waals surface area contributed by atoms with Gasteiger partial charge < -0.3 is 0 Å². The highest BCUT2D eigenvalue weighted by Gasteiger charge is 2.38. The fourth-order valence-corrected chi connectivity index (χ4v) is 2.26. The normalized spacial score (nSPS) is 32.5. The molecule has 1 fully saturated rings. The van der Waals surface area contributed by atoms with Crippen LogP contribution in [-0.2, 0) is 0 Å². The molecule has 11 heavy (non-hydrogen) atoms. The number of rotatable bonds is 4. The van der Waals surface area contributed by atoms with Crippen molar-refractivity contribution in [3.8, 4) is 0 Å². The monoisotopic (exact) mass is 154 g/mol. The van der Waals surface area contributed by atoms with Gasteiger partial charge in [-0.2, -0.15) is 0 Å². The van der Waals surface area contributed by atoms with Crippen molar-refractivity contribution in [1.29, 1.82) is 0 Å². The van der Waals surface area contributed by atoms with Gasteiger partial charge in [0, 0.05) is 0 Å². The zero-order valence-corrected chi connectivity index (χ0v) is 8.43. The second-order valence-electron chi connectivity index (χ2n) is 4.67.